The summed E-state index contributed by atoms with van der Waals surface area (Å²) in [6, 6.07) is -0.376. The summed E-state index contributed by atoms with van der Waals surface area (Å²) in [5.41, 5.74) is 5.68. The molecule has 0 aliphatic heterocycles. The minimum atomic E-state index is -0.376. The molecule has 0 bridgehead atoms. The predicted octanol–water partition coefficient (Wildman–Crippen LogP) is 0.655. The molecular formula is C10H22N2O2. The number of methoxy groups -OCH3 is 1. The zero-order valence-corrected chi connectivity index (χ0v) is 9.38. The standard InChI is InChI=1S/C10H22N2O2/c1-4-5-6-9(11)10(13)12-7-8(2)14-3/h8-9H,4-7,11H2,1-3H3,(H,12,13). The Morgan fingerprint density at radius 1 is 1.57 bits per heavy atom. The average Bonchev–Trinajstić information content (AvgIpc) is 2.21. The fourth-order valence-electron chi connectivity index (χ4n) is 1.01. The Labute approximate surface area is 86.2 Å². The monoisotopic (exact) mass is 202 g/mol. The van der Waals surface area contributed by atoms with E-state index in [2.05, 4.69) is 12.2 Å². The maximum Gasteiger partial charge on any atom is 0.237 e. The molecule has 4 heteroatoms. The smallest absolute Gasteiger partial charge is 0.237 e. The summed E-state index contributed by atoms with van der Waals surface area (Å²) in [5.74, 6) is -0.0812. The molecule has 0 aromatic carbocycles. The van der Waals surface area contributed by atoms with E-state index in [0.29, 0.717) is 6.54 Å². The molecule has 2 atom stereocenters. The third-order valence-electron chi connectivity index (χ3n) is 2.17. The molecule has 0 aromatic heterocycles. The third-order valence-corrected chi connectivity index (χ3v) is 2.17. The highest BCUT2D eigenvalue weighted by atomic mass is 16.5. The van der Waals surface area contributed by atoms with E-state index >= 15 is 0 Å². The van der Waals surface area contributed by atoms with E-state index < -0.39 is 0 Å². The van der Waals surface area contributed by atoms with Crippen molar-refractivity contribution in [2.45, 2.75) is 45.3 Å². The van der Waals surface area contributed by atoms with Gasteiger partial charge in [0.05, 0.1) is 12.1 Å². The molecule has 0 fully saturated rings. The van der Waals surface area contributed by atoms with Crippen LogP contribution in [-0.2, 0) is 9.53 Å². The molecule has 0 aliphatic rings. The lowest BCUT2D eigenvalue weighted by atomic mass is 10.1. The molecule has 0 heterocycles. The number of hydrogen-bond donors (Lipinski definition) is 2. The first-order chi connectivity index (χ1) is 6.61. The first kappa shape index (κ1) is 13.4. The Hall–Kier alpha value is -0.610. The van der Waals surface area contributed by atoms with Gasteiger partial charge in [-0.1, -0.05) is 19.8 Å². The summed E-state index contributed by atoms with van der Waals surface area (Å²) in [5, 5.41) is 2.75. The van der Waals surface area contributed by atoms with Crippen LogP contribution in [0.2, 0.25) is 0 Å². The minimum absolute atomic E-state index is 0.0392. The van der Waals surface area contributed by atoms with Crippen LogP contribution in [0.15, 0.2) is 0 Å². The van der Waals surface area contributed by atoms with Crippen LogP contribution in [0.1, 0.15) is 33.1 Å². The lowest BCUT2D eigenvalue weighted by Gasteiger charge is -2.14. The summed E-state index contributed by atoms with van der Waals surface area (Å²) >= 11 is 0. The maximum absolute atomic E-state index is 11.4. The average molecular weight is 202 g/mol. The van der Waals surface area contributed by atoms with Gasteiger partial charge in [0.15, 0.2) is 0 Å². The highest BCUT2D eigenvalue weighted by molar-refractivity contribution is 5.81. The number of hydrogen-bond acceptors (Lipinski definition) is 3. The van der Waals surface area contributed by atoms with Crippen molar-refractivity contribution in [2.75, 3.05) is 13.7 Å². The van der Waals surface area contributed by atoms with Crippen molar-refractivity contribution in [2.24, 2.45) is 5.73 Å². The van der Waals surface area contributed by atoms with E-state index in [1.165, 1.54) is 0 Å². The highest BCUT2D eigenvalue weighted by Crippen LogP contribution is 1.98. The van der Waals surface area contributed by atoms with Gasteiger partial charge in [0.1, 0.15) is 0 Å². The molecule has 0 saturated heterocycles. The number of unbranched alkanes of at least 4 members (excludes halogenated alkanes) is 1. The van der Waals surface area contributed by atoms with Crippen LogP contribution >= 0.6 is 0 Å². The number of nitrogens with two attached hydrogens (primary N) is 1. The van der Waals surface area contributed by atoms with Crippen molar-refractivity contribution < 1.29 is 9.53 Å². The lowest BCUT2D eigenvalue weighted by molar-refractivity contribution is -0.123. The van der Waals surface area contributed by atoms with Crippen molar-refractivity contribution in [1.82, 2.24) is 5.32 Å². The van der Waals surface area contributed by atoms with E-state index in [1.54, 1.807) is 7.11 Å². The Kier molecular flexibility index (Phi) is 7.42. The molecule has 0 spiro atoms. The Morgan fingerprint density at radius 2 is 2.21 bits per heavy atom. The molecule has 1 amide bonds. The first-order valence-corrected chi connectivity index (χ1v) is 5.17. The summed E-state index contributed by atoms with van der Waals surface area (Å²) in [7, 11) is 1.62. The van der Waals surface area contributed by atoms with Crippen LogP contribution in [0.3, 0.4) is 0 Å². The Morgan fingerprint density at radius 3 is 2.71 bits per heavy atom. The highest BCUT2D eigenvalue weighted by Gasteiger charge is 2.12. The van der Waals surface area contributed by atoms with Crippen LogP contribution < -0.4 is 11.1 Å². The zero-order valence-electron chi connectivity index (χ0n) is 9.38. The summed E-state index contributed by atoms with van der Waals surface area (Å²) in [6.07, 6.45) is 2.85. The molecule has 0 saturated carbocycles. The van der Waals surface area contributed by atoms with E-state index in [1.807, 2.05) is 6.92 Å². The Balaban J connectivity index is 3.61. The van der Waals surface area contributed by atoms with Gasteiger partial charge in [-0.25, -0.2) is 0 Å². The van der Waals surface area contributed by atoms with Crippen molar-refractivity contribution in [3.8, 4) is 0 Å². The number of ether oxygens (including phenoxy) is 1. The molecule has 84 valence electrons. The van der Waals surface area contributed by atoms with Gasteiger partial charge in [-0.3, -0.25) is 4.79 Å². The van der Waals surface area contributed by atoms with Gasteiger partial charge in [-0.05, 0) is 13.3 Å². The summed E-state index contributed by atoms with van der Waals surface area (Å²) < 4.78 is 5.01. The van der Waals surface area contributed by atoms with Gasteiger partial charge in [0.25, 0.3) is 0 Å². The second-order valence-corrected chi connectivity index (χ2v) is 3.54. The van der Waals surface area contributed by atoms with Gasteiger partial charge in [0, 0.05) is 13.7 Å². The number of carbonyl (C=O) groups is 1. The van der Waals surface area contributed by atoms with Gasteiger partial charge in [-0.15, -0.1) is 0 Å². The zero-order chi connectivity index (χ0) is 11.0. The fraction of sp³-hybridized carbons (Fsp3) is 0.900. The quantitative estimate of drug-likeness (QED) is 0.637. The molecule has 14 heavy (non-hydrogen) atoms. The molecule has 0 aromatic rings. The van der Waals surface area contributed by atoms with Crippen molar-refractivity contribution in [1.29, 1.82) is 0 Å². The normalized spacial score (nSPS) is 14.9. The van der Waals surface area contributed by atoms with Crippen LogP contribution in [0.25, 0.3) is 0 Å². The minimum Gasteiger partial charge on any atom is -0.380 e. The van der Waals surface area contributed by atoms with E-state index in [0.717, 1.165) is 19.3 Å². The first-order valence-electron chi connectivity index (χ1n) is 5.17. The molecule has 3 N–H and O–H groups in total. The van der Waals surface area contributed by atoms with Gasteiger partial charge in [0.2, 0.25) is 5.91 Å². The predicted molar refractivity (Wildman–Crippen MR) is 57.0 cm³/mol. The third kappa shape index (κ3) is 5.94. The summed E-state index contributed by atoms with van der Waals surface area (Å²) in [4.78, 5) is 11.4. The van der Waals surface area contributed by atoms with Crippen molar-refractivity contribution >= 4 is 5.91 Å². The van der Waals surface area contributed by atoms with E-state index in [9.17, 15) is 4.79 Å². The molecule has 0 rings (SSSR count). The maximum atomic E-state index is 11.4. The second-order valence-electron chi connectivity index (χ2n) is 3.54. The van der Waals surface area contributed by atoms with Gasteiger partial charge >= 0.3 is 0 Å². The van der Waals surface area contributed by atoms with Gasteiger partial charge in [-0.2, -0.15) is 0 Å². The molecule has 0 radical (unpaired) electrons. The second kappa shape index (κ2) is 7.76. The fourth-order valence-corrected chi connectivity index (χ4v) is 1.01. The largest absolute Gasteiger partial charge is 0.380 e. The van der Waals surface area contributed by atoms with Crippen LogP contribution in [0, 0.1) is 0 Å². The van der Waals surface area contributed by atoms with Crippen molar-refractivity contribution in [3.63, 3.8) is 0 Å². The van der Waals surface area contributed by atoms with Gasteiger partial charge < -0.3 is 15.8 Å². The van der Waals surface area contributed by atoms with Crippen molar-refractivity contribution in [3.05, 3.63) is 0 Å². The molecule has 2 unspecified atom stereocenters. The molecular weight excluding hydrogens is 180 g/mol. The topological polar surface area (TPSA) is 64.4 Å². The number of amides is 1. The van der Waals surface area contributed by atoms with Crippen LogP contribution in [-0.4, -0.2) is 31.7 Å². The van der Waals surface area contributed by atoms with E-state index in [4.69, 9.17) is 10.5 Å². The van der Waals surface area contributed by atoms with Crippen LogP contribution in [0.4, 0.5) is 0 Å². The molecule has 4 nitrogen and oxygen atoms in total. The SMILES string of the molecule is CCCCC(N)C(=O)NCC(C)OC. The molecule has 0 aliphatic carbocycles. The lowest BCUT2D eigenvalue weighted by Crippen LogP contribution is -2.43. The number of carbonyl (C=O) groups excluding carboxylic acids is 1. The van der Waals surface area contributed by atoms with E-state index in [-0.39, 0.29) is 18.1 Å². The summed E-state index contributed by atoms with van der Waals surface area (Å²) in [6.45, 7) is 4.50. The Bertz CT molecular complexity index is 162. The van der Waals surface area contributed by atoms with Crippen LogP contribution in [0.5, 0.6) is 0 Å². The number of rotatable bonds is 7. The number of nitrogens with one attached hydrogen (secondary N) is 1.